The average Bonchev–Trinajstić information content (AvgIpc) is 3.11. The van der Waals surface area contributed by atoms with Crippen LogP contribution in [0.5, 0.6) is 0 Å². The molecule has 8 heteroatoms. The molecule has 162 valence electrons. The van der Waals surface area contributed by atoms with E-state index in [-0.39, 0.29) is 24.8 Å². The van der Waals surface area contributed by atoms with Gasteiger partial charge in [0.1, 0.15) is 0 Å². The van der Waals surface area contributed by atoms with Crippen molar-refractivity contribution in [2.24, 2.45) is 5.92 Å². The Balaban J connectivity index is 1.53. The van der Waals surface area contributed by atoms with Crippen LogP contribution in [0.25, 0.3) is 0 Å². The van der Waals surface area contributed by atoms with Crippen LogP contribution >= 0.6 is 0 Å². The second-order valence-corrected chi connectivity index (χ2v) is 7.57. The number of aryl methyl sites for hydroxylation is 1. The van der Waals surface area contributed by atoms with Crippen molar-refractivity contribution in [3.05, 3.63) is 54.1 Å². The van der Waals surface area contributed by atoms with E-state index in [1.165, 1.54) is 13.8 Å². The summed E-state index contributed by atoms with van der Waals surface area (Å²) in [5.41, 5.74) is 2.92. The number of esters is 1. The second-order valence-electron chi connectivity index (χ2n) is 7.57. The molecule has 1 aliphatic heterocycles. The summed E-state index contributed by atoms with van der Waals surface area (Å²) in [5.74, 6) is -2.03. The van der Waals surface area contributed by atoms with Gasteiger partial charge < -0.3 is 20.3 Å². The number of nitrogens with zero attached hydrogens (tertiary/aromatic N) is 1. The highest BCUT2D eigenvalue weighted by Crippen LogP contribution is 2.26. The first-order valence-corrected chi connectivity index (χ1v) is 9.99. The predicted octanol–water partition coefficient (Wildman–Crippen LogP) is 2.88. The van der Waals surface area contributed by atoms with Crippen molar-refractivity contribution in [2.45, 2.75) is 33.3 Å². The summed E-state index contributed by atoms with van der Waals surface area (Å²) < 4.78 is 5.31. The van der Waals surface area contributed by atoms with E-state index in [1.807, 2.05) is 31.2 Å². The molecular formula is C23H25N3O5. The van der Waals surface area contributed by atoms with Crippen LogP contribution in [0, 0.1) is 12.8 Å². The molecule has 3 rings (SSSR count). The van der Waals surface area contributed by atoms with Crippen LogP contribution in [0.4, 0.5) is 17.1 Å². The van der Waals surface area contributed by atoms with Crippen molar-refractivity contribution in [3.8, 4) is 0 Å². The van der Waals surface area contributed by atoms with Crippen LogP contribution < -0.4 is 15.5 Å². The minimum atomic E-state index is -1.02. The largest absolute Gasteiger partial charge is 0.452 e. The van der Waals surface area contributed by atoms with Gasteiger partial charge in [-0.05, 0) is 50.2 Å². The third-order valence-electron chi connectivity index (χ3n) is 4.94. The molecule has 0 bridgehead atoms. The van der Waals surface area contributed by atoms with Crippen LogP contribution in [-0.2, 0) is 23.9 Å². The third kappa shape index (κ3) is 5.69. The van der Waals surface area contributed by atoms with Crippen molar-refractivity contribution in [1.82, 2.24) is 0 Å². The van der Waals surface area contributed by atoms with Crippen LogP contribution in [0.2, 0.25) is 0 Å². The molecule has 1 fully saturated rings. The number of ether oxygens (including phenoxy) is 1. The van der Waals surface area contributed by atoms with Crippen molar-refractivity contribution in [2.75, 3.05) is 22.1 Å². The van der Waals surface area contributed by atoms with E-state index < -0.39 is 23.9 Å². The van der Waals surface area contributed by atoms with Crippen molar-refractivity contribution < 1.29 is 23.9 Å². The SMILES string of the molecule is CC(=O)Nc1ccc(NC(=O)[C@@H](C)OC(=O)[C@@H]2CC(=O)N(c3ccc(C)cc3)C2)cc1. The number of anilines is 3. The maximum atomic E-state index is 12.5. The Labute approximate surface area is 180 Å². The van der Waals surface area contributed by atoms with E-state index >= 15 is 0 Å². The maximum Gasteiger partial charge on any atom is 0.312 e. The topological polar surface area (TPSA) is 105 Å². The van der Waals surface area contributed by atoms with Gasteiger partial charge in [0.2, 0.25) is 11.8 Å². The third-order valence-corrected chi connectivity index (χ3v) is 4.94. The van der Waals surface area contributed by atoms with Crippen LogP contribution in [-0.4, -0.2) is 36.3 Å². The lowest BCUT2D eigenvalue weighted by Crippen LogP contribution is -2.33. The Morgan fingerprint density at radius 3 is 2.16 bits per heavy atom. The van der Waals surface area contributed by atoms with Crippen LogP contribution in [0.3, 0.4) is 0 Å². The molecule has 0 radical (unpaired) electrons. The first-order chi connectivity index (χ1) is 14.7. The van der Waals surface area contributed by atoms with Gasteiger partial charge in [-0.25, -0.2) is 0 Å². The first-order valence-electron chi connectivity index (χ1n) is 9.99. The van der Waals surface area contributed by atoms with E-state index in [0.29, 0.717) is 11.4 Å². The van der Waals surface area contributed by atoms with Crippen molar-refractivity contribution >= 4 is 40.8 Å². The molecule has 2 atom stereocenters. The van der Waals surface area contributed by atoms with Crippen LogP contribution in [0.15, 0.2) is 48.5 Å². The van der Waals surface area contributed by atoms with Gasteiger partial charge in [0.25, 0.3) is 5.91 Å². The summed E-state index contributed by atoms with van der Waals surface area (Å²) in [6, 6.07) is 14.1. The molecule has 2 aromatic carbocycles. The molecule has 0 aliphatic carbocycles. The molecule has 0 saturated carbocycles. The smallest absolute Gasteiger partial charge is 0.312 e. The van der Waals surface area contributed by atoms with Gasteiger partial charge in [-0.2, -0.15) is 0 Å². The zero-order chi connectivity index (χ0) is 22.5. The fourth-order valence-electron chi connectivity index (χ4n) is 3.25. The van der Waals surface area contributed by atoms with Gasteiger partial charge in [-0.3, -0.25) is 19.2 Å². The van der Waals surface area contributed by atoms with Gasteiger partial charge in [0.05, 0.1) is 5.92 Å². The Bertz CT molecular complexity index is 985. The van der Waals surface area contributed by atoms with Gasteiger partial charge in [0, 0.05) is 37.0 Å². The minimum Gasteiger partial charge on any atom is -0.452 e. The van der Waals surface area contributed by atoms with Gasteiger partial charge >= 0.3 is 5.97 Å². The summed E-state index contributed by atoms with van der Waals surface area (Å²) in [5, 5.41) is 5.30. The quantitative estimate of drug-likeness (QED) is 0.695. The molecule has 0 spiro atoms. The summed E-state index contributed by atoms with van der Waals surface area (Å²) in [4.78, 5) is 49.9. The highest BCUT2D eigenvalue weighted by Gasteiger charge is 2.37. The summed E-state index contributed by atoms with van der Waals surface area (Å²) in [7, 11) is 0. The number of hydrogen-bond donors (Lipinski definition) is 2. The zero-order valence-electron chi connectivity index (χ0n) is 17.7. The first kappa shape index (κ1) is 22.0. The highest BCUT2D eigenvalue weighted by atomic mass is 16.5. The maximum absolute atomic E-state index is 12.5. The molecular weight excluding hydrogens is 398 g/mol. The number of amides is 3. The number of nitrogens with one attached hydrogen (secondary N) is 2. The number of benzene rings is 2. The molecule has 31 heavy (non-hydrogen) atoms. The lowest BCUT2D eigenvalue weighted by atomic mass is 10.1. The van der Waals surface area contributed by atoms with Crippen LogP contribution in [0.1, 0.15) is 25.8 Å². The van der Waals surface area contributed by atoms with E-state index in [1.54, 1.807) is 29.2 Å². The molecule has 2 aromatic rings. The Morgan fingerprint density at radius 2 is 1.58 bits per heavy atom. The standard InChI is InChI=1S/C23H25N3O5/c1-14-4-10-20(11-5-14)26-13-17(12-21(26)28)23(30)31-15(2)22(29)25-19-8-6-18(7-9-19)24-16(3)27/h4-11,15,17H,12-13H2,1-3H3,(H,24,27)(H,25,29)/t15-,17-/m1/s1. The number of carbonyl (C=O) groups is 4. The van der Waals surface area contributed by atoms with Gasteiger partial charge in [-0.1, -0.05) is 17.7 Å². The summed E-state index contributed by atoms with van der Waals surface area (Å²) >= 11 is 0. The molecule has 0 aromatic heterocycles. The Morgan fingerprint density at radius 1 is 1.00 bits per heavy atom. The van der Waals surface area contributed by atoms with Gasteiger partial charge in [-0.15, -0.1) is 0 Å². The predicted molar refractivity (Wildman–Crippen MR) is 117 cm³/mol. The summed E-state index contributed by atoms with van der Waals surface area (Å²) in [6.45, 7) is 5.07. The number of carbonyl (C=O) groups excluding carboxylic acids is 4. The zero-order valence-corrected chi connectivity index (χ0v) is 17.7. The second kappa shape index (κ2) is 9.42. The monoisotopic (exact) mass is 423 g/mol. The molecule has 1 aliphatic rings. The molecule has 8 nitrogen and oxygen atoms in total. The number of hydrogen-bond acceptors (Lipinski definition) is 5. The lowest BCUT2D eigenvalue weighted by Gasteiger charge is -2.18. The van der Waals surface area contributed by atoms with E-state index in [2.05, 4.69) is 10.6 Å². The van der Waals surface area contributed by atoms with Crippen molar-refractivity contribution in [1.29, 1.82) is 0 Å². The normalized spacial score (nSPS) is 16.5. The average molecular weight is 423 g/mol. The summed E-state index contributed by atoms with van der Waals surface area (Å²) in [6.07, 6.45) is -0.975. The Kier molecular flexibility index (Phi) is 6.69. The Hall–Kier alpha value is -3.68. The van der Waals surface area contributed by atoms with E-state index in [9.17, 15) is 19.2 Å². The molecule has 1 saturated heterocycles. The number of rotatable bonds is 6. The highest BCUT2D eigenvalue weighted by molar-refractivity contribution is 6.00. The molecule has 0 unspecified atom stereocenters. The lowest BCUT2D eigenvalue weighted by molar-refractivity contribution is -0.157. The minimum absolute atomic E-state index is 0.0473. The molecule has 2 N–H and O–H groups in total. The van der Waals surface area contributed by atoms with Crippen molar-refractivity contribution in [3.63, 3.8) is 0 Å². The fraction of sp³-hybridized carbons (Fsp3) is 0.304. The van der Waals surface area contributed by atoms with E-state index in [4.69, 9.17) is 4.74 Å². The van der Waals surface area contributed by atoms with Gasteiger partial charge in [0.15, 0.2) is 6.10 Å². The fourth-order valence-corrected chi connectivity index (χ4v) is 3.25. The van der Waals surface area contributed by atoms with E-state index in [0.717, 1.165) is 11.3 Å². The molecule has 1 heterocycles. The molecule has 3 amide bonds.